The molecule has 1 aromatic heterocycles. The third kappa shape index (κ3) is 2.22. The van der Waals surface area contributed by atoms with Gasteiger partial charge < -0.3 is 19.4 Å². The van der Waals surface area contributed by atoms with Crippen molar-refractivity contribution in [1.82, 2.24) is 4.90 Å². The first-order valence-corrected chi connectivity index (χ1v) is 8.71. The quantitative estimate of drug-likeness (QED) is 0.858. The lowest BCUT2D eigenvalue weighted by Gasteiger charge is -2.23. The van der Waals surface area contributed by atoms with Crippen molar-refractivity contribution >= 4 is 17.5 Å². The van der Waals surface area contributed by atoms with E-state index >= 15 is 0 Å². The molecule has 5 rings (SSSR count). The number of fused-ring (bicyclic) bond motifs is 1. The predicted molar refractivity (Wildman–Crippen MR) is 92.9 cm³/mol. The van der Waals surface area contributed by atoms with Gasteiger partial charge in [0.2, 0.25) is 11.8 Å². The summed E-state index contributed by atoms with van der Waals surface area (Å²) in [6, 6.07) is 12.9. The van der Waals surface area contributed by atoms with E-state index in [0.29, 0.717) is 13.1 Å². The van der Waals surface area contributed by atoms with Crippen LogP contribution in [0, 0.1) is 11.8 Å². The molecule has 2 saturated heterocycles. The Kier molecular flexibility index (Phi) is 3.30. The number of hydrogen-bond acceptors (Lipinski definition) is 4. The van der Waals surface area contributed by atoms with Crippen molar-refractivity contribution in [2.45, 2.75) is 18.2 Å². The van der Waals surface area contributed by atoms with Crippen LogP contribution in [0.2, 0.25) is 0 Å². The largest absolute Gasteiger partial charge is 0.467 e. The normalized spacial score (nSPS) is 31.5. The van der Waals surface area contributed by atoms with E-state index in [-0.39, 0.29) is 17.9 Å². The molecule has 2 amide bonds. The zero-order valence-electron chi connectivity index (χ0n) is 14.0. The Morgan fingerprint density at radius 3 is 2.85 bits per heavy atom. The number of nitrogens with zero attached hydrogens (tertiary/aromatic N) is 1. The van der Waals surface area contributed by atoms with Gasteiger partial charge in [-0.05, 0) is 24.3 Å². The van der Waals surface area contributed by atoms with Crippen molar-refractivity contribution in [3.8, 4) is 0 Å². The molecular weight excluding hydrogens is 332 g/mol. The third-order valence-corrected chi connectivity index (χ3v) is 5.45. The molecular formula is C20H18N2O4. The molecule has 0 saturated carbocycles. The summed E-state index contributed by atoms with van der Waals surface area (Å²) in [6.45, 7) is 0.832. The molecule has 3 aliphatic heterocycles. The molecule has 4 heterocycles. The third-order valence-electron chi connectivity index (χ3n) is 5.45. The fourth-order valence-corrected chi connectivity index (χ4v) is 4.35. The van der Waals surface area contributed by atoms with Crippen molar-refractivity contribution in [2.24, 2.45) is 11.8 Å². The second-order valence-electron chi connectivity index (χ2n) is 7.03. The molecule has 0 aliphatic carbocycles. The summed E-state index contributed by atoms with van der Waals surface area (Å²) in [7, 11) is 0. The second-order valence-corrected chi connectivity index (χ2v) is 7.03. The number of furan rings is 1. The van der Waals surface area contributed by atoms with Gasteiger partial charge in [-0.1, -0.05) is 30.4 Å². The van der Waals surface area contributed by atoms with Crippen molar-refractivity contribution in [3.63, 3.8) is 0 Å². The number of rotatable bonds is 4. The smallest absolute Gasteiger partial charge is 0.231 e. The zero-order chi connectivity index (χ0) is 17.7. The molecule has 4 atom stereocenters. The molecule has 1 spiro atoms. The highest BCUT2D eigenvalue weighted by Crippen LogP contribution is 2.52. The van der Waals surface area contributed by atoms with Crippen LogP contribution in [0.4, 0.5) is 5.69 Å². The number of benzene rings is 1. The highest BCUT2D eigenvalue weighted by atomic mass is 16.5. The molecule has 2 bridgehead atoms. The first kappa shape index (κ1) is 15.4. The van der Waals surface area contributed by atoms with Gasteiger partial charge in [-0.2, -0.15) is 0 Å². The number of hydrogen-bond donors (Lipinski definition) is 1. The Bertz CT molecular complexity index is 876. The molecule has 2 aromatic rings. The van der Waals surface area contributed by atoms with Gasteiger partial charge in [0, 0.05) is 5.69 Å². The van der Waals surface area contributed by atoms with E-state index in [9.17, 15) is 9.59 Å². The molecule has 26 heavy (non-hydrogen) atoms. The summed E-state index contributed by atoms with van der Waals surface area (Å²) >= 11 is 0. The SMILES string of the molecule is O=C(Nc1ccccc1)[C@@H]1[C@H]2C(=O)N(Cc3ccco3)C[C@]23C=C[C@H]1O3. The number of amides is 2. The van der Waals surface area contributed by atoms with Gasteiger partial charge in [0.15, 0.2) is 0 Å². The van der Waals surface area contributed by atoms with E-state index in [1.54, 1.807) is 17.2 Å². The topological polar surface area (TPSA) is 71.8 Å². The summed E-state index contributed by atoms with van der Waals surface area (Å²) in [6.07, 6.45) is 5.11. The van der Waals surface area contributed by atoms with Crippen molar-refractivity contribution < 1.29 is 18.7 Å². The summed E-state index contributed by atoms with van der Waals surface area (Å²) < 4.78 is 11.5. The lowest BCUT2D eigenvalue weighted by atomic mass is 9.77. The maximum Gasteiger partial charge on any atom is 0.231 e. The molecule has 1 N–H and O–H groups in total. The van der Waals surface area contributed by atoms with E-state index in [1.165, 1.54) is 0 Å². The number of carbonyl (C=O) groups is 2. The summed E-state index contributed by atoms with van der Waals surface area (Å²) in [5.74, 6) is -0.517. The maximum atomic E-state index is 13.1. The molecule has 6 nitrogen and oxygen atoms in total. The molecule has 1 aromatic carbocycles. The number of para-hydroxylation sites is 1. The Balaban J connectivity index is 1.40. The lowest BCUT2D eigenvalue weighted by Crippen LogP contribution is -2.41. The van der Waals surface area contributed by atoms with E-state index in [2.05, 4.69) is 5.32 Å². The Morgan fingerprint density at radius 1 is 1.23 bits per heavy atom. The van der Waals surface area contributed by atoms with Gasteiger partial charge in [0.1, 0.15) is 11.4 Å². The van der Waals surface area contributed by atoms with Gasteiger partial charge in [-0.25, -0.2) is 0 Å². The molecule has 6 heteroatoms. The average molecular weight is 350 g/mol. The summed E-state index contributed by atoms with van der Waals surface area (Å²) in [5.41, 5.74) is 0.0173. The minimum atomic E-state index is -0.701. The monoisotopic (exact) mass is 350 g/mol. The lowest BCUT2D eigenvalue weighted by molar-refractivity contribution is -0.136. The summed E-state index contributed by atoms with van der Waals surface area (Å²) in [5, 5.41) is 2.92. The average Bonchev–Trinajstić information content (AvgIpc) is 3.39. The van der Waals surface area contributed by atoms with Crippen LogP contribution in [0.5, 0.6) is 0 Å². The van der Waals surface area contributed by atoms with Gasteiger partial charge in [0.05, 0.1) is 37.3 Å². The minimum absolute atomic E-state index is 0.0542. The van der Waals surface area contributed by atoms with Crippen LogP contribution in [0.1, 0.15) is 5.76 Å². The minimum Gasteiger partial charge on any atom is -0.467 e. The molecule has 0 unspecified atom stereocenters. The van der Waals surface area contributed by atoms with E-state index < -0.39 is 17.4 Å². The molecule has 2 fully saturated rings. The fourth-order valence-electron chi connectivity index (χ4n) is 4.35. The van der Waals surface area contributed by atoms with Crippen LogP contribution in [0.15, 0.2) is 65.3 Å². The van der Waals surface area contributed by atoms with Crippen LogP contribution in [0.25, 0.3) is 0 Å². The Hall–Kier alpha value is -2.86. The number of likely N-dealkylation sites (tertiary alicyclic amines) is 1. The highest BCUT2D eigenvalue weighted by Gasteiger charge is 2.66. The van der Waals surface area contributed by atoms with Gasteiger partial charge in [-0.15, -0.1) is 0 Å². The van der Waals surface area contributed by atoms with Gasteiger partial charge >= 0.3 is 0 Å². The highest BCUT2D eigenvalue weighted by molar-refractivity contribution is 5.99. The number of ether oxygens (including phenoxy) is 1. The predicted octanol–water partition coefficient (Wildman–Crippen LogP) is 2.20. The fraction of sp³-hybridized carbons (Fsp3) is 0.300. The Morgan fingerprint density at radius 2 is 2.08 bits per heavy atom. The second kappa shape index (κ2) is 5.57. The first-order valence-electron chi connectivity index (χ1n) is 8.71. The molecule has 3 aliphatic rings. The van der Waals surface area contributed by atoms with Gasteiger partial charge in [-0.3, -0.25) is 9.59 Å². The van der Waals surface area contributed by atoms with Crippen molar-refractivity contribution in [3.05, 3.63) is 66.6 Å². The number of carbonyl (C=O) groups excluding carboxylic acids is 2. The van der Waals surface area contributed by atoms with E-state index in [0.717, 1.165) is 11.4 Å². The van der Waals surface area contributed by atoms with E-state index in [1.807, 2.05) is 48.6 Å². The Labute approximate surface area is 150 Å². The van der Waals surface area contributed by atoms with Crippen LogP contribution in [-0.2, 0) is 20.9 Å². The standard InChI is InChI=1S/C20H18N2O4/c23-18(21-13-5-2-1-3-6-13)16-15-8-9-20(26-15)12-22(19(24)17(16)20)11-14-7-4-10-25-14/h1-10,15-17H,11-12H2,(H,21,23)/t15-,16+,17+,20-/m1/s1. The van der Waals surface area contributed by atoms with Crippen LogP contribution < -0.4 is 5.32 Å². The van der Waals surface area contributed by atoms with Crippen LogP contribution >= 0.6 is 0 Å². The van der Waals surface area contributed by atoms with Crippen LogP contribution in [0.3, 0.4) is 0 Å². The molecule has 132 valence electrons. The van der Waals surface area contributed by atoms with E-state index in [4.69, 9.17) is 9.15 Å². The van der Waals surface area contributed by atoms with Crippen molar-refractivity contribution in [1.29, 1.82) is 0 Å². The zero-order valence-corrected chi connectivity index (χ0v) is 14.0. The summed E-state index contributed by atoms with van der Waals surface area (Å²) in [4.78, 5) is 27.7. The first-order chi connectivity index (χ1) is 12.7. The van der Waals surface area contributed by atoms with Gasteiger partial charge in [0.25, 0.3) is 0 Å². The van der Waals surface area contributed by atoms with Crippen LogP contribution in [-0.4, -0.2) is 35.0 Å². The number of anilines is 1. The number of nitrogens with one attached hydrogen (secondary N) is 1. The molecule has 0 radical (unpaired) electrons. The maximum absolute atomic E-state index is 13.1. The van der Waals surface area contributed by atoms with Crippen molar-refractivity contribution in [2.75, 3.05) is 11.9 Å².